The van der Waals surface area contributed by atoms with E-state index >= 15 is 0 Å². The van der Waals surface area contributed by atoms with Crippen LogP contribution in [-0.4, -0.2) is 0 Å². The third-order valence-corrected chi connectivity index (χ3v) is 10.1. The van der Waals surface area contributed by atoms with E-state index in [9.17, 15) is 0 Å². The Hall–Kier alpha value is -6.58. The van der Waals surface area contributed by atoms with E-state index in [-0.39, 0.29) is 0 Å². The molecule has 228 valence electrons. The van der Waals surface area contributed by atoms with Crippen LogP contribution in [0.25, 0.3) is 110 Å². The van der Waals surface area contributed by atoms with E-state index < -0.39 is 0 Å². The highest BCUT2D eigenvalue weighted by Crippen LogP contribution is 2.50. The van der Waals surface area contributed by atoms with Gasteiger partial charge in [0.05, 0.1) is 0 Å². The summed E-state index contributed by atoms with van der Waals surface area (Å²) in [4.78, 5) is 0. The summed E-state index contributed by atoms with van der Waals surface area (Å²) >= 11 is 0. The Balaban J connectivity index is 1.28. The third-order valence-electron chi connectivity index (χ3n) is 10.1. The fraction of sp³-hybridized carbons (Fsp3) is 0. The first kappa shape index (κ1) is 26.5. The molecule has 0 saturated carbocycles. The van der Waals surface area contributed by atoms with Gasteiger partial charge < -0.3 is 13.3 Å². The summed E-state index contributed by atoms with van der Waals surface area (Å²) in [5, 5.41) is 9.99. The van der Waals surface area contributed by atoms with Crippen LogP contribution in [-0.2, 0) is 0 Å². The van der Waals surface area contributed by atoms with Crippen LogP contribution in [0.1, 0.15) is 0 Å². The van der Waals surface area contributed by atoms with Gasteiger partial charge in [-0.2, -0.15) is 0 Å². The van der Waals surface area contributed by atoms with Crippen molar-refractivity contribution >= 4 is 76.4 Å². The van der Waals surface area contributed by atoms with Crippen LogP contribution in [0.15, 0.2) is 171 Å². The number of hydrogen-bond acceptors (Lipinski definition) is 3. The third kappa shape index (κ3) is 3.73. The highest BCUT2D eigenvalue weighted by Gasteiger charge is 2.26. The molecule has 0 spiro atoms. The van der Waals surface area contributed by atoms with Crippen LogP contribution in [0, 0.1) is 0 Å². The van der Waals surface area contributed by atoms with Gasteiger partial charge in [-0.15, -0.1) is 0 Å². The summed E-state index contributed by atoms with van der Waals surface area (Å²) in [7, 11) is 0. The monoisotopic (exact) mass is 626 g/mol. The zero-order chi connectivity index (χ0) is 32.1. The smallest absolute Gasteiger partial charge is 0.178 e. The summed E-state index contributed by atoms with van der Waals surface area (Å²) in [6.45, 7) is 0. The molecule has 0 radical (unpaired) electrons. The molecule has 0 amide bonds. The van der Waals surface area contributed by atoms with Gasteiger partial charge in [-0.25, -0.2) is 0 Å². The van der Waals surface area contributed by atoms with Crippen molar-refractivity contribution in [2.75, 3.05) is 0 Å². The average molecular weight is 627 g/mol. The number of hydrogen-bond donors (Lipinski definition) is 0. The predicted octanol–water partition coefficient (Wildman–Crippen LogP) is 13.5. The van der Waals surface area contributed by atoms with Crippen LogP contribution in [0.2, 0.25) is 0 Å². The second-order valence-electron chi connectivity index (χ2n) is 12.7. The number of fused-ring (bicyclic) bond motifs is 10. The van der Waals surface area contributed by atoms with Crippen LogP contribution in [0.4, 0.5) is 0 Å². The lowest BCUT2D eigenvalue weighted by Gasteiger charge is -2.17. The molecule has 3 heterocycles. The normalized spacial score (nSPS) is 12.1. The summed E-state index contributed by atoms with van der Waals surface area (Å²) in [6.07, 6.45) is 0. The molecule has 11 rings (SSSR count). The van der Waals surface area contributed by atoms with Gasteiger partial charge in [-0.1, -0.05) is 121 Å². The fourth-order valence-electron chi connectivity index (χ4n) is 7.97. The summed E-state index contributed by atoms with van der Waals surface area (Å²) in [5.74, 6) is 0.837. The first-order chi connectivity index (χ1) is 24.3. The Morgan fingerprint density at radius 2 is 0.776 bits per heavy atom. The van der Waals surface area contributed by atoms with Crippen molar-refractivity contribution < 1.29 is 13.3 Å². The van der Waals surface area contributed by atoms with Crippen molar-refractivity contribution in [2.24, 2.45) is 0 Å². The Morgan fingerprint density at radius 3 is 1.47 bits per heavy atom. The van der Waals surface area contributed by atoms with E-state index in [2.05, 4.69) is 133 Å². The van der Waals surface area contributed by atoms with Crippen LogP contribution in [0.5, 0.6) is 0 Å². The molecule has 0 bridgehead atoms. The van der Waals surface area contributed by atoms with Crippen molar-refractivity contribution in [2.45, 2.75) is 0 Å². The van der Waals surface area contributed by atoms with E-state index in [0.717, 1.165) is 104 Å². The van der Waals surface area contributed by atoms with Gasteiger partial charge in [0.1, 0.15) is 22.5 Å². The lowest BCUT2D eigenvalue weighted by Crippen LogP contribution is -1.91. The SMILES string of the molecule is c1ccc(-c2c(-c3c4ccccc4c(-c4ccc5oc6ccccc6c5c4)c4ccccc34)oc3c2ccc2c4ccccc4oc23)cc1. The Bertz CT molecular complexity index is 3040. The minimum absolute atomic E-state index is 0.761. The summed E-state index contributed by atoms with van der Waals surface area (Å²) in [6, 6.07) is 55.4. The molecular formula is C46H26O3. The second-order valence-corrected chi connectivity index (χ2v) is 12.7. The van der Waals surface area contributed by atoms with Gasteiger partial charge in [0, 0.05) is 38.1 Å². The van der Waals surface area contributed by atoms with E-state index in [1.165, 1.54) is 5.56 Å². The maximum atomic E-state index is 7.13. The lowest BCUT2D eigenvalue weighted by molar-refractivity contribution is 0.613. The molecule has 0 aliphatic rings. The minimum atomic E-state index is 0.761. The molecule has 0 N–H and O–H groups in total. The maximum Gasteiger partial charge on any atom is 0.178 e. The molecule has 0 unspecified atom stereocenters. The standard InChI is InChI=1S/C46H26O3/c1-2-12-27(13-3-1)42-36-24-23-35-29-14-8-11-21-39(29)48-44(35)45(36)49-46(42)43-33-18-6-4-16-31(33)41(32-17-5-7-19-34(32)43)28-22-25-40-37(26-28)30-15-9-10-20-38(30)47-40/h1-26H. The molecule has 11 aromatic rings. The molecule has 0 aliphatic carbocycles. The molecule has 0 fully saturated rings. The zero-order valence-corrected chi connectivity index (χ0v) is 26.2. The van der Waals surface area contributed by atoms with E-state index in [0.29, 0.717) is 0 Å². The first-order valence-corrected chi connectivity index (χ1v) is 16.6. The van der Waals surface area contributed by atoms with Crippen LogP contribution in [0.3, 0.4) is 0 Å². The van der Waals surface area contributed by atoms with E-state index in [1.807, 2.05) is 24.3 Å². The number of rotatable bonds is 3. The highest BCUT2D eigenvalue weighted by atomic mass is 16.4. The molecule has 0 saturated heterocycles. The lowest BCUT2D eigenvalue weighted by atomic mass is 9.86. The topological polar surface area (TPSA) is 39.4 Å². The van der Waals surface area contributed by atoms with Crippen molar-refractivity contribution in [3.8, 4) is 33.6 Å². The van der Waals surface area contributed by atoms with E-state index in [1.54, 1.807) is 0 Å². The summed E-state index contributed by atoms with van der Waals surface area (Å²) in [5.41, 5.74) is 9.75. The molecule has 3 aromatic heterocycles. The van der Waals surface area contributed by atoms with Crippen LogP contribution >= 0.6 is 0 Å². The van der Waals surface area contributed by atoms with Crippen molar-refractivity contribution in [3.05, 3.63) is 158 Å². The Labute approximate surface area is 280 Å². The number of furan rings is 3. The molecule has 3 heteroatoms. The Kier molecular flexibility index (Phi) is 5.38. The van der Waals surface area contributed by atoms with Crippen molar-refractivity contribution in [3.63, 3.8) is 0 Å². The first-order valence-electron chi connectivity index (χ1n) is 16.6. The van der Waals surface area contributed by atoms with Gasteiger partial charge in [-0.3, -0.25) is 0 Å². The highest BCUT2D eigenvalue weighted by molar-refractivity contribution is 6.25. The quantitative estimate of drug-likeness (QED) is 0.183. The minimum Gasteiger partial charge on any atom is -0.456 e. The van der Waals surface area contributed by atoms with Crippen LogP contribution < -0.4 is 0 Å². The largest absolute Gasteiger partial charge is 0.456 e. The van der Waals surface area contributed by atoms with Gasteiger partial charge in [-0.05, 0) is 74.6 Å². The maximum absolute atomic E-state index is 7.13. The van der Waals surface area contributed by atoms with E-state index in [4.69, 9.17) is 13.3 Å². The zero-order valence-electron chi connectivity index (χ0n) is 26.2. The Morgan fingerprint density at radius 1 is 0.265 bits per heavy atom. The predicted molar refractivity (Wildman–Crippen MR) is 202 cm³/mol. The molecule has 3 nitrogen and oxygen atoms in total. The molecule has 49 heavy (non-hydrogen) atoms. The molecule has 0 atom stereocenters. The summed E-state index contributed by atoms with van der Waals surface area (Å²) < 4.78 is 19.9. The van der Waals surface area contributed by atoms with Gasteiger partial charge in [0.25, 0.3) is 0 Å². The van der Waals surface area contributed by atoms with Crippen molar-refractivity contribution in [1.29, 1.82) is 0 Å². The number of para-hydroxylation sites is 2. The fourth-order valence-corrected chi connectivity index (χ4v) is 7.97. The van der Waals surface area contributed by atoms with Crippen molar-refractivity contribution in [1.82, 2.24) is 0 Å². The second kappa shape index (κ2) is 9.96. The molecule has 8 aromatic carbocycles. The molecule has 0 aliphatic heterocycles. The average Bonchev–Trinajstić information content (AvgIpc) is 3.85. The van der Waals surface area contributed by atoms with Gasteiger partial charge in [0.15, 0.2) is 11.2 Å². The van der Waals surface area contributed by atoms with Gasteiger partial charge >= 0.3 is 0 Å². The number of benzene rings is 8. The van der Waals surface area contributed by atoms with Gasteiger partial charge in [0.2, 0.25) is 0 Å². The molecular weight excluding hydrogens is 601 g/mol.